The molecule has 5 nitrogen and oxygen atoms in total. The van der Waals surface area contributed by atoms with E-state index < -0.39 is 0 Å². The standard InChI is InChI=1S/C22H27N3O2/c1-5-27-19-12-10-18(11-13-19)17(3)24(4)22(26)16(2)14-25-15-23-20-8-6-7-9-21(20)25/h6-13,15-17H,5,14H2,1-4H3/t16-,17+/m1/s1. The first-order chi connectivity index (χ1) is 13.0. The molecule has 0 aliphatic heterocycles. The summed E-state index contributed by atoms with van der Waals surface area (Å²) in [6.45, 7) is 7.24. The first-order valence-electron chi connectivity index (χ1n) is 9.40. The van der Waals surface area contributed by atoms with E-state index in [4.69, 9.17) is 4.74 Å². The maximum absolute atomic E-state index is 13.0. The van der Waals surface area contributed by atoms with Crippen LogP contribution in [0, 0.1) is 5.92 Å². The molecule has 0 spiro atoms. The minimum atomic E-state index is -0.141. The van der Waals surface area contributed by atoms with E-state index in [1.807, 2.05) is 92.1 Å². The number of ether oxygens (including phenoxy) is 1. The number of hydrogen-bond donors (Lipinski definition) is 0. The molecule has 5 heteroatoms. The number of benzene rings is 2. The fraction of sp³-hybridized carbons (Fsp3) is 0.364. The Morgan fingerprint density at radius 2 is 1.85 bits per heavy atom. The van der Waals surface area contributed by atoms with E-state index in [1.54, 1.807) is 0 Å². The fourth-order valence-corrected chi connectivity index (χ4v) is 3.30. The average molecular weight is 365 g/mol. The lowest BCUT2D eigenvalue weighted by molar-refractivity contribution is -0.136. The number of rotatable bonds is 7. The first-order valence-corrected chi connectivity index (χ1v) is 9.40. The van der Waals surface area contributed by atoms with Crippen LogP contribution in [0.25, 0.3) is 11.0 Å². The summed E-state index contributed by atoms with van der Waals surface area (Å²) in [7, 11) is 1.87. The van der Waals surface area contributed by atoms with E-state index in [-0.39, 0.29) is 17.9 Å². The molecule has 1 amide bonds. The summed E-state index contributed by atoms with van der Waals surface area (Å²) in [5.41, 5.74) is 3.10. The number of aromatic nitrogens is 2. The molecule has 0 fully saturated rings. The molecular weight excluding hydrogens is 338 g/mol. The van der Waals surface area contributed by atoms with Crippen molar-refractivity contribution in [2.24, 2.45) is 5.92 Å². The van der Waals surface area contributed by atoms with Crippen LogP contribution in [-0.2, 0) is 11.3 Å². The number of imidazole rings is 1. The van der Waals surface area contributed by atoms with E-state index in [9.17, 15) is 4.79 Å². The van der Waals surface area contributed by atoms with Crippen molar-refractivity contribution in [3.63, 3.8) is 0 Å². The van der Waals surface area contributed by atoms with Gasteiger partial charge >= 0.3 is 0 Å². The van der Waals surface area contributed by atoms with E-state index in [1.165, 1.54) is 0 Å². The molecule has 0 saturated carbocycles. The van der Waals surface area contributed by atoms with Gasteiger partial charge in [0, 0.05) is 13.6 Å². The van der Waals surface area contributed by atoms with Crippen LogP contribution in [0.15, 0.2) is 54.9 Å². The smallest absolute Gasteiger partial charge is 0.227 e. The maximum Gasteiger partial charge on any atom is 0.227 e. The van der Waals surface area contributed by atoms with Gasteiger partial charge in [0.25, 0.3) is 0 Å². The van der Waals surface area contributed by atoms with Crippen molar-refractivity contribution in [1.29, 1.82) is 0 Å². The number of para-hydroxylation sites is 2. The van der Waals surface area contributed by atoms with Gasteiger partial charge in [0.05, 0.1) is 35.9 Å². The number of carbonyl (C=O) groups is 1. The van der Waals surface area contributed by atoms with Gasteiger partial charge in [-0.15, -0.1) is 0 Å². The zero-order chi connectivity index (χ0) is 19.4. The number of hydrogen-bond acceptors (Lipinski definition) is 3. The van der Waals surface area contributed by atoms with E-state index >= 15 is 0 Å². The Balaban J connectivity index is 1.68. The molecule has 1 heterocycles. The SMILES string of the molecule is CCOc1ccc([C@H](C)N(C)C(=O)[C@H](C)Cn2cnc3ccccc32)cc1. The third kappa shape index (κ3) is 4.13. The van der Waals surface area contributed by atoms with Crippen LogP contribution >= 0.6 is 0 Å². The second-order valence-electron chi connectivity index (χ2n) is 6.91. The predicted octanol–water partition coefficient (Wildman–Crippen LogP) is 4.29. The molecule has 0 N–H and O–H groups in total. The lowest BCUT2D eigenvalue weighted by Gasteiger charge is -2.28. The number of amides is 1. The van der Waals surface area contributed by atoms with Gasteiger partial charge in [-0.1, -0.05) is 31.2 Å². The number of fused-ring (bicyclic) bond motifs is 1. The van der Waals surface area contributed by atoms with Gasteiger partial charge in [-0.2, -0.15) is 0 Å². The molecule has 27 heavy (non-hydrogen) atoms. The van der Waals surface area contributed by atoms with Gasteiger partial charge in [0.2, 0.25) is 5.91 Å². The molecule has 0 aliphatic rings. The second-order valence-corrected chi connectivity index (χ2v) is 6.91. The molecule has 1 aromatic heterocycles. The Hall–Kier alpha value is -2.82. The number of nitrogens with zero attached hydrogens (tertiary/aromatic N) is 3. The quantitative estimate of drug-likeness (QED) is 0.627. The Morgan fingerprint density at radius 3 is 2.56 bits per heavy atom. The summed E-state index contributed by atoms with van der Waals surface area (Å²) in [4.78, 5) is 19.2. The molecule has 3 aromatic rings. The van der Waals surface area contributed by atoms with Gasteiger partial charge < -0.3 is 14.2 Å². The molecule has 0 bridgehead atoms. The minimum Gasteiger partial charge on any atom is -0.494 e. The molecule has 0 saturated heterocycles. The summed E-state index contributed by atoms with van der Waals surface area (Å²) in [6.07, 6.45) is 1.81. The second kappa shape index (κ2) is 8.25. The topological polar surface area (TPSA) is 47.4 Å². The van der Waals surface area contributed by atoms with E-state index in [2.05, 4.69) is 4.98 Å². The Morgan fingerprint density at radius 1 is 1.15 bits per heavy atom. The van der Waals surface area contributed by atoms with Crippen molar-refractivity contribution in [3.05, 3.63) is 60.4 Å². The third-order valence-electron chi connectivity index (χ3n) is 5.02. The van der Waals surface area contributed by atoms with Crippen molar-refractivity contribution >= 4 is 16.9 Å². The molecule has 2 atom stereocenters. The van der Waals surface area contributed by atoms with Crippen LogP contribution in [0.5, 0.6) is 5.75 Å². The summed E-state index contributed by atoms with van der Waals surface area (Å²) >= 11 is 0. The highest BCUT2D eigenvalue weighted by Gasteiger charge is 2.23. The van der Waals surface area contributed by atoms with Gasteiger partial charge in [-0.05, 0) is 43.7 Å². The average Bonchev–Trinajstić information content (AvgIpc) is 3.10. The Bertz CT molecular complexity index is 901. The minimum absolute atomic E-state index is 0.00448. The lowest BCUT2D eigenvalue weighted by atomic mass is 10.0. The molecule has 0 radical (unpaired) electrons. The molecule has 0 aliphatic carbocycles. The predicted molar refractivity (Wildman–Crippen MR) is 108 cm³/mol. The van der Waals surface area contributed by atoms with Gasteiger partial charge in [0.15, 0.2) is 0 Å². The van der Waals surface area contributed by atoms with Gasteiger partial charge in [-0.3, -0.25) is 4.79 Å². The maximum atomic E-state index is 13.0. The van der Waals surface area contributed by atoms with E-state index in [0.717, 1.165) is 22.3 Å². The van der Waals surface area contributed by atoms with Crippen LogP contribution < -0.4 is 4.74 Å². The summed E-state index contributed by atoms with van der Waals surface area (Å²) in [5, 5.41) is 0. The largest absolute Gasteiger partial charge is 0.494 e. The van der Waals surface area contributed by atoms with Crippen LogP contribution in [-0.4, -0.2) is 34.0 Å². The van der Waals surface area contributed by atoms with Crippen LogP contribution in [0.1, 0.15) is 32.4 Å². The molecular formula is C22H27N3O2. The summed E-state index contributed by atoms with van der Waals surface area (Å²) in [5.74, 6) is 0.828. The van der Waals surface area contributed by atoms with Crippen molar-refractivity contribution < 1.29 is 9.53 Å². The van der Waals surface area contributed by atoms with Crippen LogP contribution in [0.2, 0.25) is 0 Å². The monoisotopic (exact) mass is 365 g/mol. The Labute approximate surface area is 160 Å². The van der Waals surface area contributed by atoms with Gasteiger partial charge in [0.1, 0.15) is 5.75 Å². The van der Waals surface area contributed by atoms with Crippen LogP contribution in [0.3, 0.4) is 0 Å². The van der Waals surface area contributed by atoms with E-state index in [0.29, 0.717) is 13.2 Å². The van der Waals surface area contributed by atoms with Crippen molar-refractivity contribution in [2.45, 2.75) is 33.4 Å². The van der Waals surface area contributed by atoms with Crippen molar-refractivity contribution in [1.82, 2.24) is 14.5 Å². The summed E-state index contributed by atoms with van der Waals surface area (Å²) in [6, 6.07) is 15.9. The third-order valence-corrected chi connectivity index (χ3v) is 5.02. The zero-order valence-corrected chi connectivity index (χ0v) is 16.4. The Kier molecular flexibility index (Phi) is 5.79. The van der Waals surface area contributed by atoms with Gasteiger partial charge in [-0.25, -0.2) is 4.98 Å². The fourth-order valence-electron chi connectivity index (χ4n) is 3.30. The van der Waals surface area contributed by atoms with Crippen molar-refractivity contribution in [2.75, 3.05) is 13.7 Å². The molecule has 3 rings (SSSR count). The van der Waals surface area contributed by atoms with Crippen LogP contribution in [0.4, 0.5) is 0 Å². The summed E-state index contributed by atoms with van der Waals surface area (Å²) < 4.78 is 7.54. The zero-order valence-electron chi connectivity index (χ0n) is 16.4. The highest BCUT2D eigenvalue weighted by atomic mass is 16.5. The normalized spacial score (nSPS) is 13.3. The molecule has 142 valence electrons. The highest BCUT2D eigenvalue weighted by Crippen LogP contribution is 2.24. The number of carbonyl (C=O) groups excluding carboxylic acids is 1. The molecule has 0 unspecified atom stereocenters. The lowest BCUT2D eigenvalue weighted by Crippen LogP contribution is -2.35. The highest BCUT2D eigenvalue weighted by molar-refractivity contribution is 5.79. The molecule has 2 aromatic carbocycles. The van der Waals surface area contributed by atoms with Crippen molar-refractivity contribution in [3.8, 4) is 5.75 Å². The first kappa shape index (κ1) is 19.0.